The first kappa shape index (κ1) is 25.9. The molecule has 4 aromatic carbocycles. The van der Waals surface area contributed by atoms with Crippen LogP contribution in [0.15, 0.2) is 105 Å². The summed E-state index contributed by atoms with van der Waals surface area (Å²) >= 11 is 6.14. The Labute approximate surface area is 235 Å². The molecule has 2 heterocycles. The summed E-state index contributed by atoms with van der Waals surface area (Å²) in [7, 11) is 0. The maximum atomic E-state index is 13.6. The van der Waals surface area contributed by atoms with E-state index in [0.29, 0.717) is 32.5 Å². The van der Waals surface area contributed by atoms with Crippen molar-refractivity contribution in [2.75, 3.05) is 0 Å². The van der Waals surface area contributed by atoms with Gasteiger partial charge in [-0.1, -0.05) is 41.9 Å². The minimum absolute atomic E-state index is 0.0593. The highest BCUT2D eigenvalue weighted by molar-refractivity contribution is 6.31. The van der Waals surface area contributed by atoms with Gasteiger partial charge in [0, 0.05) is 22.0 Å². The Balaban J connectivity index is 1.47. The number of halogens is 2. The van der Waals surface area contributed by atoms with E-state index in [1.807, 2.05) is 0 Å². The summed E-state index contributed by atoms with van der Waals surface area (Å²) in [6.45, 7) is -0.0593. The number of nitro benzene ring substituents is 1. The van der Waals surface area contributed by atoms with Crippen molar-refractivity contribution in [3.8, 4) is 17.3 Å². The zero-order chi connectivity index (χ0) is 28.5. The molecule has 6 rings (SSSR count). The second-order valence-corrected chi connectivity index (χ2v) is 9.41. The predicted octanol–water partition coefficient (Wildman–Crippen LogP) is 6.97. The van der Waals surface area contributed by atoms with E-state index < -0.39 is 16.3 Å². The molecule has 0 amide bonds. The average molecular weight is 569 g/mol. The first-order valence-electron chi connectivity index (χ1n) is 12.3. The molecule has 0 unspecified atom stereocenters. The second kappa shape index (κ2) is 10.7. The minimum Gasteiger partial charge on any atom is -0.481 e. The molecule has 0 aliphatic heterocycles. The number of ether oxygens (including phenoxy) is 1. The van der Waals surface area contributed by atoms with E-state index in [1.165, 1.54) is 42.6 Å². The summed E-state index contributed by atoms with van der Waals surface area (Å²) in [5, 5.41) is 17.7. The highest BCUT2D eigenvalue weighted by atomic mass is 35.5. The molecule has 0 aliphatic rings. The third kappa shape index (κ3) is 5.15. The summed E-state index contributed by atoms with van der Waals surface area (Å²) in [5.74, 6) is -0.0806. The van der Waals surface area contributed by atoms with Crippen molar-refractivity contribution in [1.29, 1.82) is 0 Å². The fourth-order valence-electron chi connectivity index (χ4n) is 4.32. The molecule has 0 saturated carbocycles. The third-order valence-electron chi connectivity index (χ3n) is 6.28. The van der Waals surface area contributed by atoms with Crippen LogP contribution in [0.4, 0.5) is 10.1 Å². The minimum atomic E-state index is -0.577. The monoisotopic (exact) mass is 568 g/mol. The van der Waals surface area contributed by atoms with Gasteiger partial charge >= 0.3 is 5.69 Å². The number of rotatable bonds is 7. The Bertz CT molecular complexity index is 2040. The van der Waals surface area contributed by atoms with Crippen molar-refractivity contribution >= 4 is 45.4 Å². The molecule has 41 heavy (non-hydrogen) atoms. The van der Waals surface area contributed by atoms with E-state index in [9.17, 15) is 19.3 Å². The van der Waals surface area contributed by atoms with Crippen LogP contribution in [-0.4, -0.2) is 20.8 Å². The number of para-hydroxylation sites is 2. The molecular weight excluding hydrogens is 551 g/mol. The Hall–Kier alpha value is -5.35. The first-order valence-corrected chi connectivity index (χ1v) is 12.7. The lowest BCUT2D eigenvalue weighted by molar-refractivity contribution is -0.385. The molecule has 6 aromatic rings. The lowest BCUT2D eigenvalue weighted by Gasteiger charge is -2.10. The van der Waals surface area contributed by atoms with Gasteiger partial charge in [-0.05, 0) is 60.2 Å². The Morgan fingerprint density at radius 1 is 1.05 bits per heavy atom. The zero-order valence-corrected chi connectivity index (χ0v) is 21.8. The topological polar surface area (TPSA) is 113 Å². The maximum absolute atomic E-state index is 13.6. The normalized spacial score (nSPS) is 11.5. The van der Waals surface area contributed by atoms with Crippen LogP contribution >= 0.6 is 11.6 Å². The van der Waals surface area contributed by atoms with Gasteiger partial charge in [0.2, 0.25) is 11.6 Å². The van der Waals surface area contributed by atoms with Gasteiger partial charge < -0.3 is 9.15 Å². The maximum Gasteiger partial charge on any atom is 0.311 e. The molecule has 0 saturated heterocycles. The van der Waals surface area contributed by atoms with Crippen molar-refractivity contribution in [3.05, 3.63) is 133 Å². The molecule has 202 valence electrons. The van der Waals surface area contributed by atoms with Crippen molar-refractivity contribution in [1.82, 2.24) is 9.66 Å². The van der Waals surface area contributed by atoms with E-state index in [1.54, 1.807) is 54.6 Å². The van der Waals surface area contributed by atoms with E-state index in [0.717, 1.165) is 4.68 Å². The quantitative estimate of drug-likeness (QED) is 0.117. The van der Waals surface area contributed by atoms with Gasteiger partial charge in [0.05, 0.1) is 22.0 Å². The Kier molecular flexibility index (Phi) is 6.74. The van der Waals surface area contributed by atoms with Crippen molar-refractivity contribution in [2.24, 2.45) is 5.10 Å². The number of hydrogen-bond donors (Lipinski definition) is 0. The molecule has 0 fully saturated rings. The number of nitro groups is 1. The second-order valence-electron chi connectivity index (χ2n) is 8.97. The lowest BCUT2D eigenvalue weighted by Crippen LogP contribution is -2.20. The SMILES string of the molecule is O=c1c2ccccc2nc(-c2cc3cc(Cl)ccc3o2)n1N=Cc1cccc([N+](=O)[O-])c1OCc1ccc(F)cc1. The molecule has 0 aliphatic carbocycles. The highest BCUT2D eigenvalue weighted by Gasteiger charge is 2.20. The molecule has 0 N–H and O–H groups in total. The van der Waals surface area contributed by atoms with Crippen molar-refractivity contribution < 1.29 is 18.5 Å². The number of hydrogen-bond acceptors (Lipinski definition) is 7. The summed E-state index contributed by atoms with van der Waals surface area (Å²) in [6.07, 6.45) is 1.29. The van der Waals surface area contributed by atoms with Crippen LogP contribution < -0.4 is 10.3 Å². The van der Waals surface area contributed by atoms with E-state index in [4.69, 9.17) is 20.8 Å². The third-order valence-corrected chi connectivity index (χ3v) is 6.52. The summed E-state index contributed by atoms with van der Waals surface area (Å²) in [5.41, 5.74) is 1.06. The van der Waals surface area contributed by atoms with Gasteiger partial charge in [-0.25, -0.2) is 9.37 Å². The molecule has 0 bridgehead atoms. The Morgan fingerprint density at radius 3 is 2.66 bits per heavy atom. The molecule has 0 spiro atoms. The summed E-state index contributed by atoms with van der Waals surface area (Å²) in [6, 6.07) is 23.6. The zero-order valence-electron chi connectivity index (χ0n) is 21.0. The average Bonchev–Trinajstić information content (AvgIpc) is 3.39. The smallest absolute Gasteiger partial charge is 0.311 e. The van der Waals surface area contributed by atoms with Gasteiger partial charge in [0.25, 0.3) is 5.56 Å². The highest BCUT2D eigenvalue weighted by Crippen LogP contribution is 2.32. The van der Waals surface area contributed by atoms with Gasteiger partial charge in [-0.2, -0.15) is 9.78 Å². The van der Waals surface area contributed by atoms with E-state index in [2.05, 4.69) is 10.1 Å². The number of aromatic nitrogens is 2. The fourth-order valence-corrected chi connectivity index (χ4v) is 4.50. The van der Waals surface area contributed by atoms with Crippen LogP contribution in [0.3, 0.4) is 0 Å². The molecule has 11 heteroatoms. The fraction of sp³-hybridized carbons (Fsp3) is 0.0333. The number of fused-ring (bicyclic) bond motifs is 2. The van der Waals surface area contributed by atoms with Gasteiger partial charge in [0.15, 0.2) is 5.76 Å². The van der Waals surface area contributed by atoms with E-state index in [-0.39, 0.29) is 35.2 Å². The van der Waals surface area contributed by atoms with Crippen LogP contribution in [0.25, 0.3) is 33.5 Å². The summed E-state index contributed by atoms with van der Waals surface area (Å²) in [4.78, 5) is 29.4. The Morgan fingerprint density at radius 2 is 1.85 bits per heavy atom. The molecule has 2 aromatic heterocycles. The van der Waals surface area contributed by atoms with E-state index >= 15 is 0 Å². The number of nitrogens with zero attached hydrogens (tertiary/aromatic N) is 4. The predicted molar refractivity (Wildman–Crippen MR) is 153 cm³/mol. The number of benzene rings is 4. The van der Waals surface area contributed by atoms with Gasteiger partial charge in [0.1, 0.15) is 18.0 Å². The van der Waals surface area contributed by atoms with Crippen LogP contribution in [-0.2, 0) is 6.61 Å². The standard InChI is InChI=1S/C30H18ClFN4O5/c31-21-10-13-26-20(14-21)15-27(41-26)29-34-24-6-2-1-5-23(24)30(37)35(29)33-16-19-4-3-7-25(36(38)39)28(19)40-17-18-8-11-22(32)12-9-18/h1-16H,17H2. The van der Waals surface area contributed by atoms with Gasteiger partial charge in [-0.3, -0.25) is 14.9 Å². The van der Waals surface area contributed by atoms with Crippen LogP contribution in [0.2, 0.25) is 5.02 Å². The lowest BCUT2D eigenvalue weighted by atomic mass is 10.2. The molecule has 0 radical (unpaired) electrons. The number of furan rings is 1. The largest absolute Gasteiger partial charge is 0.481 e. The molecule has 0 atom stereocenters. The van der Waals surface area contributed by atoms with Gasteiger partial charge in [-0.15, -0.1) is 0 Å². The first-order chi connectivity index (χ1) is 19.9. The molecule has 9 nitrogen and oxygen atoms in total. The van der Waals surface area contributed by atoms with Crippen LogP contribution in [0.1, 0.15) is 11.1 Å². The molecular formula is C30H18ClFN4O5. The van der Waals surface area contributed by atoms with Crippen molar-refractivity contribution in [3.63, 3.8) is 0 Å². The van der Waals surface area contributed by atoms with Crippen LogP contribution in [0, 0.1) is 15.9 Å². The van der Waals surface area contributed by atoms with Crippen LogP contribution in [0.5, 0.6) is 5.75 Å². The van der Waals surface area contributed by atoms with Crippen molar-refractivity contribution in [2.45, 2.75) is 6.61 Å². The summed E-state index contributed by atoms with van der Waals surface area (Å²) < 4.78 is 26.2.